The molecular formula is C9H16N4OS. The van der Waals surface area contributed by atoms with E-state index in [0.29, 0.717) is 23.3 Å². The summed E-state index contributed by atoms with van der Waals surface area (Å²) < 4.78 is 0. The van der Waals surface area contributed by atoms with Gasteiger partial charge in [0, 0.05) is 19.2 Å². The molecule has 0 aliphatic carbocycles. The van der Waals surface area contributed by atoms with E-state index < -0.39 is 0 Å². The van der Waals surface area contributed by atoms with E-state index in [1.54, 1.807) is 6.07 Å². The Kier molecular flexibility index (Phi) is 4.64. The molecule has 0 amide bonds. The van der Waals surface area contributed by atoms with E-state index in [9.17, 15) is 0 Å². The van der Waals surface area contributed by atoms with Crippen LogP contribution in [0.1, 0.15) is 6.92 Å². The van der Waals surface area contributed by atoms with Crippen LogP contribution in [0.4, 0.5) is 11.6 Å². The summed E-state index contributed by atoms with van der Waals surface area (Å²) in [6, 6.07) is 1.68. The third-order valence-electron chi connectivity index (χ3n) is 1.85. The van der Waals surface area contributed by atoms with E-state index in [-0.39, 0.29) is 12.5 Å². The van der Waals surface area contributed by atoms with Crippen molar-refractivity contribution < 1.29 is 5.11 Å². The molecule has 0 aromatic carbocycles. The summed E-state index contributed by atoms with van der Waals surface area (Å²) >= 11 is 1.45. The Morgan fingerprint density at radius 3 is 2.93 bits per heavy atom. The second kappa shape index (κ2) is 5.77. The molecule has 0 spiro atoms. The van der Waals surface area contributed by atoms with Crippen LogP contribution in [-0.4, -0.2) is 34.5 Å². The maximum absolute atomic E-state index is 8.87. The molecule has 0 fully saturated rings. The lowest BCUT2D eigenvalue weighted by Crippen LogP contribution is -2.15. The Balaban J connectivity index is 2.64. The number of aliphatic hydroxyl groups excluding tert-OH is 1. The minimum atomic E-state index is 0.156. The molecule has 6 heteroatoms. The van der Waals surface area contributed by atoms with Gasteiger partial charge in [0.25, 0.3) is 0 Å². The van der Waals surface area contributed by atoms with Crippen LogP contribution in [0.25, 0.3) is 0 Å². The Labute approximate surface area is 93.5 Å². The molecule has 0 bridgehead atoms. The molecule has 0 aliphatic heterocycles. The average molecular weight is 228 g/mol. The Hall–Kier alpha value is -1.01. The summed E-state index contributed by atoms with van der Waals surface area (Å²) in [5, 5.41) is 12.6. The van der Waals surface area contributed by atoms with Crippen LogP contribution in [-0.2, 0) is 0 Å². The molecule has 0 radical (unpaired) electrons. The topological polar surface area (TPSA) is 84.1 Å². The fourth-order valence-electron chi connectivity index (χ4n) is 0.968. The number of nitrogen functional groups attached to an aromatic ring is 1. The predicted octanol–water partition coefficient (Wildman–Crippen LogP) is 0.821. The zero-order chi connectivity index (χ0) is 11.3. The van der Waals surface area contributed by atoms with Crippen molar-refractivity contribution >= 4 is 23.4 Å². The number of nitrogens with zero attached hydrogens (tertiary/aromatic N) is 2. The zero-order valence-corrected chi connectivity index (χ0v) is 9.71. The van der Waals surface area contributed by atoms with Crippen molar-refractivity contribution in [1.29, 1.82) is 0 Å². The monoisotopic (exact) mass is 228 g/mol. The smallest absolute Gasteiger partial charge is 0.191 e. The molecule has 0 saturated heterocycles. The molecule has 1 heterocycles. The summed E-state index contributed by atoms with van der Waals surface area (Å²) in [6.07, 6.45) is 1.90. The number of thioether (sulfide) groups is 1. The second-order valence-electron chi connectivity index (χ2n) is 3.33. The molecule has 1 unspecified atom stereocenters. The minimum absolute atomic E-state index is 0.156. The van der Waals surface area contributed by atoms with Crippen LogP contribution < -0.4 is 11.1 Å². The molecule has 1 aromatic rings. The standard InChI is InChI=1S/C9H16N4OS/c1-6(5-14)4-11-8-3-7(10)12-9(13-8)15-2/h3,6,14H,4-5H2,1-2H3,(H3,10,11,12,13). The van der Waals surface area contributed by atoms with Crippen LogP contribution in [0.3, 0.4) is 0 Å². The number of aromatic nitrogens is 2. The lowest BCUT2D eigenvalue weighted by Gasteiger charge is -2.10. The number of aliphatic hydroxyl groups is 1. The molecular weight excluding hydrogens is 212 g/mol. The van der Waals surface area contributed by atoms with Gasteiger partial charge in [-0.3, -0.25) is 0 Å². The first kappa shape index (κ1) is 12.1. The van der Waals surface area contributed by atoms with Crippen molar-refractivity contribution in [1.82, 2.24) is 9.97 Å². The summed E-state index contributed by atoms with van der Waals surface area (Å²) in [5.41, 5.74) is 5.62. The number of nitrogens with one attached hydrogen (secondary N) is 1. The second-order valence-corrected chi connectivity index (χ2v) is 4.11. The molecule has 4 N–H and O–H groups in total. The van der Waals surface area contributed by atoms with Gasteiger partial charge < -0.3 is 16.2 Å². The van der Waals surface area contributed by atoms with Gasteiger partial charge in [0.15, 0.2) is 5.16 Å². The first-order valence-electron chi connectivity index (χ1n) is 4.69. The van der Waals surface area contributed by atoms with Crippen molar-refractivity contribution in [2.24, 2.45) is 5.92 Å². The maximum atomic E-state index is 8.87. The van der Waals surface area contributed by atoms with Crippen molar-refractivity contribution in [3.8, 4) is 0 Å². The quantitative estimate of drug-likeness (QED) is 0.511. The molecule has 1 rings (SSSR count). The van der Waals surface area contributed by atoms with Crippen LogP contribution in [0.2, 0.25) is 0 Å². The number of nitrogens with two attached hydrogens (primary N) is 1. The van der Waals surface area contributed by atoms with Gasteiger partial charge in [-0.1, -0.05) is 18.7 Å². The van der Waals surface area contributed by atoms with Gasteiger partial charge in [0.2, 0.25) is 0 Å². The van der Waals surface area contributed by atoms with Gasteiger partial charge in [-0.05, 0) is 12.2 Å². The van der Waals surface area contributed by atoms with E-state index in [1.807, 2.05) is 13.2 Å². The van der Waals surface area contributed by atoms with E-state index in [1.165, 1.54) is 11.8 Å². The molecule has 15 heavy (non-hydrogen) atoms. The molecule has 0 aliphatic rings. The maximum Gasteiger partial charge on any atom is 0.191 e. The summed E-state index contributed by atoms with van der Waals surface area (Å²) in [5.74, 6) is 1.35. The van der Waals surface area contributed by atoms with Gasteiger partial charge in [0.1, 0.15) is 11.6 Å². The van der Waals surface area contributed by atoms with E-state index in [0.717, 1.165) is 0 Å². The van der Waals surface area contributed by atoms with Gasteiger partial charge in [0.05, 0.1) is 0 Å². The summed E-state index contributed by atoms with van der Waals surface area (Å²) in [7, 11) is 0. The van der Waals surface area contributed by atoms with Crippen LogP contribution in [0.15, 0.2) is 11.2 Å². The van der Waals surface area contributed by atoms with Gasteiger partial charge in [-0.25, -0.2) is 9.97 Å². The number of hydrogen-bond acceptors (Lipinski definition) is 6. The lowest BCUT2D eigenvalue weighted by atomic mass is 10.2. The SMILES string of the molecule is CSc1nc(N)cc(NCC(C)CO)n1. The van der Waals surface area contributed by atoms with Crippen molar-refractivity contribution in [3.63, 3.8) is 0 Å². The number of hydrogen-bond donors (Lipinski definition) is 3. The Morgan fingerprint density at radius 2 is 2.33 bits per heavy atom. The normalized spacial score (nSPS) is 12.5. The third kappa shape index (κ3) is 3.93. The van der Waals surface area contributed by atoms with Gasteiger partial charge in [-0.2, -0.15) is 0 Å². The summed E-state index contributed by atoms with van der Waals surface area (Å²) in [4.78, 5) is 8.28. The van der Waals surface area contributed by atoms with Gasteiger partial charge >= 0.3 is 0 Å². The third-order valence-corrected chi connectivity index (χ3v) is 2.40. The van der Waals surface area contributed by atoms with Crippen LogP contribution >= 0.6 is 11.8 Å². The number of rotatable bonds is 5. The van der Waals surface area contributed by atoms with Crippen molar-refractivity contribution in [3.05, 3.63) is 6.07 Å². The van der Waals surface area contributed by atoms with E-state index in [4.69, 9.17) is 10.8 Å². The Bertz CT molecular complexity index is 321. The fraction of sp³-hybridized carbons (Fsp3) is 0.556. The fourth-order valence-corrected chi connectivity index (χ4v) is 1.35. The average Bonchev–Trinajstić information content (AvgIpc) is 2.25. The molecule has 0 saturated carbocycles. The zero-order valence-electron chi connectivity index (χ0n) is 8.90. The lowest BCUT2D eigenvalue weighted by molar-refractivity contribution is 0.244. The molecule has 5 nitrogen and oxygen atoms in total. The number of anilines is 2. The van der Waals surface area contributed by atoms with Crippen LogP contribution in [0.5, 0.6) is 0 Å². The van der Waals surface area contributed by atoms with Crippen molar-refractivity contribution in [2.45, 2.75) is 12.1 Å². The largest absolute Gasteiger partial charge is 0.396 e. The van der Waals surface area contributed by atoms with E-state index >= 15 is 0 Å². The first-order chi connectivity index (χ1) is 7.15. The minimum Gasteiger partial charge on any atom is -0.396 e. The highest BCUT2D eigenvalue weighted by molar-refractivity contribution is 7.98. The highest BCUT2D eigenvalue weighted by Crippen LogP contribution is 2.15. The Morgan fingerprint density at radius 1 is 1.60 bits per heavy atom. The van der Waals surface area contributed by atoms with Crippen LogP contribution in [0, 0.1) is 5.92 Å². The van der Waals surface area contributed by atoms with Gasteiger partial charge in [-0.15, -0.1) is 0 Å². The van der Waals surface area contributed by atoms with Crippen molar-refractivity contribution in [2.75, 3.05) is 30.5 Å². The highest BCUT2D eigenvalue weighted by Gasteiger charge is 2.03. The summed E-state index contributed by atoms with van der Waals surface area (Å²) in [6.45, 7) is 2.77. The molecule has 84 valence electrons. The highest BCUT2D eigenvalue weighted by atomic mass is 32.2. The first-order valence-corrected chi connectivity index (χ1v) is 5.91. The van der Waals surface area contributed by atoms with E-state index in [2.05, 4.69) is 15.3 Å². The predicted molar refractivity (Wildman–Crippen MR) is 63.0 cm³/mol. The molecule has 1 aromatic heterocycles. The molecule has 1 atom stereocenters.